The molecule has 0 atom stereocenters. The van der Waals surface area contributed by atoms with E-state index in [9.17, 15) is 4.79 Å². The van der Waals surface area contributed by atoms with Crippen LogP contribution in [0.4, 0.5) is 5.95 Å². The van der Waals surface area contributed by atoms with Gasteiger partial charge in [-0.2, -0.15) is 9.67 Å². The van der Waals surface area contributed by atoms with Crippen LogP contribution in [0.3, 0.4) is 0 Å². The Bertz CT molecular complexity index is 1290. The number of carbonyl (C=O) groups is 1. The van der Waals surface area contributed by atoms with Crippen LogP contribution >= 0.6 is 0 Å². The highest BCUT2D eigenvalue weighted by Crippen LogP contribution is 2.22. The van der Waals surface area contributed by atoms with Crippen molar-refractivity contribution in [1.82, 2.24) is 14.8 Å². The Morgan fingerprint density at radius 1 is 0.829 bits per heavy atom. The second-order valence-electron chi connectivity index (χ2n) is 7.55. The zero-order valence-electron chi connectivity index (χ0n) is 19.8. The van der Waals surface area contributed by atoms with Crippen LogP contribution in [-0.2, 0) is 6.54 Å². The molecule has 0 aliphatic carbocycles. The summed E-state index contributed by atoms with van der Waals surface area (Å²) in [6.07, 6.45) is 3.19. The predicted molar refractivity (Wildman–Crippen MR) is 135 cm³/mol. The van der Waals surface area contributed by atoms with Crippen LogP contribution in [0, 0.1) is 0 Å². The predicted octanol–water partition coefficient (Wildman–Crippen LogP) is 4.94. The first-order chi connectivity index (χ1) is 17.1. The molecule has 1 N–H and O–H groups in total. The van der Waals surface area contributed by atoms with Crippen molar-refractivity contribution in [3.8, 4) is 28.6 Å². The third-order valence-electron chi connectivity index (χ3n) is 5.31. The van der Waals surface area contributed by atoms with Gasteiger partial charge in [0.1, 0.15) is 17.2 Å². The molecule has 0 spiro atoms. The third kappa shape index (κ3) is 5.86. The van der Waals surface area contributed by atoms with Gasteiger partial charge in [-0.05, 0) is 65.7 Å². The first kappa shape index (κ1) is 23.6. The van der Waals surface area contributed by atoms with Gasteiger partial charge in [0, 0.05) is 18.2 Å². The van der Waals surface area contributed by atoms with E-state index in [0.29, 0.717) is 18.3 Å². The fraction of sp³-hybridized carbons (Fsp3) is 0.148. The molecule has 0 radical (unpaired) electrons. The minimum Gasteiger partial charge on any atom is -0.497 e. The van der Waals surface area contributed by atoms with Crippen molar-refractivity contribution in [3.05, 3.63) is 90.0 Å². The SMILES string of the molecule is COc1ccc(C=CC(=O)n2nc(-c3ccc(OC)cc3)nc2NCc2ccc(OC)cc2)cc1. The van der Waals surface area contributed by atoms with Gasteiger partial charge >= 0.3 is 0 Å². The fourth-order valence-electron chi connectivity index (χ4n) is 3.32. The van der Waals surface area contributed by atoms with Crippen LogP contribution in [0.15, 0.2) is 78.9 Å². The summed E-state index contributed by atoms with van der Waals surface area (Å²) >= 11 is 0. The van der Waals surface area contributed by atoms with Gasteiger partial charge in [0.25, 0.3) is 5.91 Å². The van der Waals surface area contributed by atoms with E-state index in [1.807, 2.05) is 72.8 Å². The number of allylic oxidation sites excluding steroid dienone is 1. The highest BCUT2D eigenvalue weighted by molar-refractivity contribution is 5.95. The number of hydrogen-bond donors (Lipinski definition) is 1. The lowest BCUT2D eigenvalue weighted by atomic mass is 10.2. The Morgan fingerprint density at radius 3 is 1.94 bits per heavy atom. The van der Waals surface area contributed by atoms with Gasteiger partial charge in [-0.3, -0.25) is 4.79 Å². The number of nitrogens with one attached hydrogen (secondary N) is 1. The molecule has 4 aromatic rings. The van der Waals surface area contributed by atoms with Gasteiger partial charge in [-0.1, -0.05) is 24.3 Å². The third-order valence-corrected chi connectivity index (χ3v) is 5.31. The lowest BCUT2D eigenvalue weighted by Gasteiger charge is -2.07. The van der Waals surface area contributed by atoms with Gasteiger partial charge in [-0.15, -0.1) is 5.10 Å². The molecule has 0 fully saturated rings. The molecular weight excluding hydrogens is 444 g/mol. The van der Waals surface area contributed by atoms with Crippen molar-refractivity contribution in [1.29, 1.82) is 0 Å². The lowest BCUT2D eigenvalue weighted by molar-refractivity contribution is 0.0957. The molecule has 1 heterocycles. The van der Waals surface area contributed by atoms with Gasteiger partial charge in [0.05, 0.1) is 21.3 Å². The smallest absolute Gasteiger partial charge is 0.274 e. The van der Waals surface area contributed by atoms with E-state index in [1.165, 1.54) is 10.8 Å². The van der Waals surface area contributed by atoms with E-state index in [1.54, 1.807) is 27.4 Å². The number of methoxy groups -OCH3 is 3. The molecule has 8 heteroatoms. The molecule has 0 aliphatic rings. The Labute approximate surface area is 203 Å². The summed E-state index contributed by atoms with van der Waals surface area (Å²) < 4.78 is 16.9. The molecule has 4 rings (SSSR count). The second-order valence-corrected chi connectivity index (χ2v) is 7.55. The van der Waals surface area contributed by atoms with E-state index >= 15 is 0 Å². The molecule has 35 heavy (non-hydrogen) atoms. The molecule has 0 aliphatic heterocycles. The number of anilines is 1. The molecule has 178 valence electrons. The summed E-state index contributed by atoms with van der Waals surface area (Å²) in [7, 11) is 4.85. The van der Waals surface area contributed by atoms with Gasteiger partial charge in [0.15, 0.2) is 5.82 Å². The lowest BCUT2D eigenvalue weighted by Crippen LogP contribution is -2.14. The zero-order chi connectivity index (χ0) is 24.6. The molecule has 0 amide bonds. The number of aromatic nitrogens is 3. The Kier molecular flexibility index (Phi) is 7.42. The standard InChI is InChI=1S/C27H26N4O4/c1-33-22-11-4-19(5-12-22)8-17-25(32)31-27(28-18-20-6-13-23(34-2)14-7-20)29-26(30-31)21-9-15-24(35-3)16-10-21/h4-17H,18H2,1-3H3,(H,28,29,30). The Balaban J connectivity index is 1.59. The van der Waals surface area contributed by atoms with Gasteiger partial charge < -0.3 is 19.5 Å². The number of hydrogen-bond acceptors (Lipinski definition) is 7. The fourth-order valence-corrected chi connectivity index (χ4v) is 3.32. The van der Waals surface area contributed by atoms with Crippen molar-refractivity contribution < 1.29 is 19.0 Å². The quantitative estimate of drug-likeness (QED) is 0.347. The first-order valence-corrected chi connectivity index (χ1v) is 10.9. The maximum absolute atomic E-state index is 13.1. The monoisotopic (exact) mass is 470 g/mol. The molecule has 0 saturated heterocycles. The summed E-state index contributed by atoms with van der Waals surface area (Å²) in [5.74, 6) is 2.69. The highest BCUT2D eigenvalue weighted by atomic mass is 16.5. The topological polar surface area (TPSA) is 87.5 Å². The molecule has 3 aromatic carbocycles. The summed E-state index contributed by atoms with van der Waals surface area (Å²) in [6, 6.07) is 22.4. The average Bonchev–Trinajstić information content (AvgIpc) is 3.35. The van der Waals surface area contributed by atoms with E-state index in [-0.39, 0.29) is 5.91 Å². The van der Waals surface area contributed by atoms with E-state index in [2.05, 4.69) is 15.4 Å². The van der Waals surface area contributed by atoms with E-state index in [4.69, 9.17) is 14.2 Å². The van der Waals surface area contributed by atoms with Crippen molar-refractivity contribution >= 4 is 17.9 Å². The number of benzene rings is 3. The molecule has 8 nitrogen and oxygen atoms in total. The number of carbonyl (C=O) groups excluding carboxylic acids is 1. The van der Waals surface area contributed by atoms with Crippen LogP contribution in [-0.4, -0.2) is 42.0 Å². The van der Waals surface area contributed by atoms with Crippen LogP contribution in [0.25, 0.3) is 17.5 Å². The maximum atomic E-state index is 13.1. The first-order valence-electron chi connectivity index (χ1n) is 10.9. The van der Waals surface area contributed by atoms with Crippen molar-refractivity contribution in [2.45, 2.75) is 6.54 Å². The van der Waals surface area contributed by atoms with Crippen LogP contribution in [0.5, 0.6) is 17.2 Å². The molecule has 0 saturated carbocycles. The molecular formula is C27H26N4O4. The minimum atomic E-state index is -0.328. The summed E-state index contributed by atoms with van der Waals surface area (Å²) in [4.78, 5) is 17.7. The van der Waals surface area contributed by atoms with Crippen molar-refractivity contribution in [3.63, 3.8) is 0 Å². The molecule has 0 bridgehead atoms. The van der Waals surface area contributed by atoms with E-state index in [0.717, 1.165) is 33.9 Å². The van der Waals surface area contributed by atoms with E-state index < -0.39 is 0 Å². The van der Waals surface area contributed by atoms with Crippen LogP contribution < -0.4 is 19.5 Å². The largest absolute Gasteiger partial charge is 0.497 e. The summed E-state index contributed by atoms with van der Waals surface area (Å²) in [5, 5.41) is 7.70. The van der Waals surface area contributed by atoms with Crippen molar-refractivity contribution in [2.75, 3.05) is 26.6 Å². The summed E-state index contributed by atoms with van der Waals surface area (Å²) in [5.41, 5.74) is 2.64. The highest BCUT2D eigenvalue weighted by Gasteiger charge is 2.16. The van der Waals surface area contributed by atoms with Gasteiger partial charge in [0.2, 0.25) is 5.95 Å². The van der Waals surface area contributed by atoms with Crippen molar-refractivity contribution in [2.24, 2.45) is 0 Å². The average molecular weight is 471 g/mol. The zero-order valence-corrected chi connectivity index (χ0v) is 19.8. The minimum absolute atomic E-state index is 0.328. The molecule has 1 aromatic heterocycles. The number of rotatable bonds is 9. The number of nitrogens with zero attached hydrogens (tertiary/aromatic N) is 3. The maximum Gasteiger partial charge on any atom is 0.274 e. The number of ether oxygens (including phenoxy) is 3. The van der Waals surface area contributed by atoms with Crippen LogP contribution in [0.1, 0.15) is 15.9 Å². The van der Waals surface area contributed by atoms with Crippen LogP contribution in [0.2, 0.25) is 0 Å². The van der Waals surface area contributed by atoms with Gasteiger partial charge in [-0.25, -0.2) is 0 Å². The normalized spacial score (nSPS) is 10.8. The summed E-state index contributed by atoms with van der Waals surface area (Å²) in [6.45, 7) is 0.459. The second kappa shape index (κ2) is 11.0. The Morgan fingerprint density at radius 2 is 1.37 bits per heavy atom. The Hall–Kier alpha value is -4.59. The molecule has 0 unspecified atom stereocenters.